The zero-order valence-electron chi connectivity index (χ0n) is 11.2. The fourth-order valence-electron chi connectivity index (χ4n) is 1.77. The number of aromatic nitrogens is 1. The van der Waals surface area contributed by atoms with E-state index in [1.807, 2.05) is 43.3 Å². The normalized spacial score (nSPS) is 11.9. The van der Waals surface area contributed by atoms with Gasteiger partial charge in [0.15, 0.2) is 0 Å². The lowest BCUT2D eigenvalue weighted by Crippen LogP contribution is -2.34. The van der Waals surface area contributed by atoms with Crippen molar-refractivity contribution in [2.45, 2.75) is 19.4 Å². The highest BCUT2D eigenvalue weighted by atomic mass is 79.9. The highest BCUT2D eigenvalue weighted by molar-refractivity contribution is 9.10. The topological polar surface area (TPSA) is 54.1 Å². The summed E-state index contributed by atoms with van der Waals surface area (Å²) in [5, 5.41) is 2.86. The molecule has 4 nitrogen and oxygen atoms in total. The van der Waals surface area contributed by atoms with E-state index in [2.05, 4.69) is 26.2 Å². The summed E-state index contributed by atoms with van der Waals surface area (Å²) in [5.41, 5.74) is 0.905. The first-order valence-corrected chi connectivity index (χ1v) is 7.24. The predicted molar refractivity (Wildman–Crippen MR) is 81.7 cm³/mol. The number of hydrogen-bond acceptors (Lipinski definition) is 2. The summed E-state index contributed by atoms with van der Waals surface area (Å²) in [6, 6.07) is 11.4. The molecule has 1 atom stereocenters. The number of aromatic amines is 1. The zero-order valence-corrected chi connectivity index (χ0v) is 12.8. The summed E-state index contributed by atoms with van der Waals surface area (Å²) >= 11 is 3.43. The molecule has 2 aromatic rings. The zero-order chi connectivity index (χ0) is 14.4. The Kier molecular flexibility index (Phi) is 5.24. The average Bonchev–Trinajstić information content (AvgIpc) is 2.92. The van der Waals surface area contributed by atoms with Crippen LogP contribution in [0.15, 0.2) is 47.1 Å². The molecule has 1 unspecified atom stereocenters. The molecule has 2 rings (SSSR count). The second-order valence-electron chi connectivity index (χ2n) is 4.54. The van der Waals surface area contributed by atoms with Crippen LogP contribution >= 0.6 is 15.9 Å². The molecule has 0 aliphatic rings. The minimum absolute atomic E-state index is 0.0185. The number of hydrogen-bond donors (Lipinski definition) is 2. The van der Waals surface area contributed by atoms with Crippen LogP contribution in [0.1, 0.15) is 12.6 Å². The predicted octanol–water partition coefficient (Wildman–Crippen LogP) is 2.90. The van der Waals surface area contributed by atoms with Gasteiger partial charge in [-0.25, -0.2) is 0 Å². The number of amides is 1. The minimum Gasteiger partial charge on any atom is -0.488 e. The van der Waals surface area contributed by atoms with E-state index in [-0.39, 0.29) is 12.0 Å². The van der Waals surface area contributed by atoms with Gasteiger partial charge in [-0.05, 0) is 47.1 Å². The van der Waals surface area contributed by atoms with Crippen LogP contribution in [0.5, 0.6) is 5.75 Å². The van der Waals surface area contributed by atoms with Gasteiger partial charge < -0.3 is 15.0 Å². The van der Waals surface area contributed by atoms with Gasteiger partial charge >= 0.3 is 0 Å². The maximum absolute atomic E-state index is 11.7. The second kappa shape index (κ2) is 7.14. The van der Waals surface area contributed by atoms with Crippen molar-refractivity contribution in [1.29, 1.82) is 0 Å². The molecule has 0 fully saturated rings. The van der Waals surface area contributed by atoms with Crippen LogP contribution in [0, 0.1) is 0 Å². The highest BCUT2D eigenvalue weighted by Gasteiger charge is 2.09. The maximum Gasteiger partial charge on any atom is 0.226 e. The van der Waals surface area contributed by atoms with Crippen molar-refractivity contribution in [1.82, 2.24) is 10.3 Å². The number of H-pyrrole nitrogens is 1. The van der Waals surface area contributed by atoms with Gasteiger partial charge in [-0.3, -0.25) is 4.79 Å². The molecule has 0 spiro atoms. The molecule has 20 heavy (non-hydrogen) atoms. The summed E-state index contributed by atoms with van der Waals surface area (Å²) in [5.74, 6) is 0.758. The Balaban J connectivity index is 1.76. The first-order chi connectivity index (χ1) is 9.65. The van der Waals surface area contributed by atoms with Crippen molar-refractivity contribution in [2.75, 3.05) is 6.54 Å². The molecule has 0 radical (unpaired) electrons. The average molecular weight is 337 g/mol. The molecule has 2 N–H and O–H groups in total. The van der Waals surface area contributed by atoms with Crippen molar-refractivity contribution >= 4 is 21.8 Å². The van der Waals surface area contributed by atoms with E-state index in [0.29, 0.717) is 13.0 Å². The van der Waals surface area contributed by atoms with E-state index in [4.69, 9.17) is 4.74 Å². The van der Waals surface area contributed by atoms with Gasteiger partial charge in [0.2, 0.25) is 5.91 Å². The molecule has 0 saturated heterocycles. The fourth-order valence-corrected chi connectivity index (χ4v) is 2.15. The summed E-state index contributed by atoms with van der Waals surface area (Å²) in [6.07, 6.45) is 2.07. The van der Waals surface area contributed by atoms with Crippen LogP contribution in [0.25, 0.3) is 0 Å². The van der Waals surface area contributed by atoms with Gasteiger partial charge in [0.1, 0.15) is 11.9 Å². The number of ether oxygens (including phenoxy) is 1. The molecule has 0 aliphatic heterocycles. The third-order valence-corrected chi connectivity index (χ3v) is 3.42. The smallest absolute Gasteiger partial charge is 0.226 e. The van der Waals surface area contributed by atoms with Crippen LogP contribution in [0.4, 0.5) is 0 Å². The number of carbonyl (C=O) groups is 1. The SMILES string of the molecule is CC(CNC(=O)Cc1ccc[nH]1)Oc1ccccc1Br. The molecular weight excluding hydrogens is 320 g/mol. The number of rotatable bonds is 6. The summed E-state index contributed by atoms with van der Waals surface area (Å²) in [6.45, 7) is 2.40. The molecule has 0 aliphatic carbocycles. The Morgan fingerprint density at radius 1 is 1.35 bits per heavy atom. The lowest BCUT2D eigenvalue weighted by molar-refractivity contribution is -0.120. The van der Waals surface area contributed by atoms with Gasteiger partial charge in [-0.1, -0.05) is 12.1 Å². The molecule has 1 aromatic heterocycles. The van der Waals surface area contributed by atoms with Crippen LogP contribution in [0.2, 0.25) is 0 Å². The van der Waals surface area contributed by atoms with Crippen molar-refractivity contribution in [3.8, 4) is 5.75 Å². The van der Waals surface area contributed by atoms with E-state index in [1.54, 1.807) is 6.20 Å². The van der Waals surface area contributed by atoms with Crippen LogP contribution in [0.3, 0.4) is 0 Å². The molecule has 0 bridgehead atoms. The number of halogens is 1. The lowest BCUT2D eigenvalue weighted by Gasteiger charge is -2.16. The molecule has 1 aromatic carbocycles. The van der Waals surface area contributed by atoms with Crippen molar-refractivity contribution < 1.29 is 9.53 Å². The monoisotopic (exact) mass is 336 g/mol. The first kappa shape index (κ1) is 14.7. The summed E-state index contributed by atoms with van der Waals surface area (Å²) < 4.78 is 6.67. The van der Waals surface area contributed by atoms with Crippen LogP contribution in [-0.4, -0.2) is 23.5 Å². The number of para-hydroxylation sites is 1. The van der Waals surface area contributed by atoms with Crippen molar-refractivity contribution in [3.63, 3.8) is 0 Å². The largest absolute Gasteiger partial charge is 0.488 e. The Hall–Kier alpha value is -1.75. The highest BCUT2D eigenvalue weighted by Crippen LogP contribution is 2.24. The van der Waals surface area contributed by atoms with E-state index < -0.39 is 0 Å². The molecule has 106 valence electrons. The standard InChI is InChI=1S/C15H17BrN2O2/c1-11(20-14-7-3-2-6-13(14)16)10-18-15(19)9-12-5-4-8-17-12/h2-8,11,17H,9-10H2,1H3,(H,18,19). The third-order valence-electron chi connectivity index (χ3n) is 2.76. The Labute approximate surface area is 126 Å². The van der Waals surface area contributed by atoms with Crippen LogP contribution < -0.4 is 10.1 Å². The molecule has 1 heterocycles. The van der Waals surface area contributed by atoms with Crippen molar-refractivity contribution in [3.05, 3.63) is 52.8 Å². The number of benzene rings is 1. The molecule has 5 heteroatoms. The van der Waals surface area contributed by atoms with Crippen molar-refractivity contribution in [2.24, 2.45) is 0 Å². The number of nitrogens with one attached hydrogen (secondary N) is 2. The Bertz CT molecular complexity index is 555. The van der Waals surface area contributed by atoms with E-state index in [9.17, 15) is 4.79 Å². The van der Waals surface area contributed by atoms with E-state index in [0.717, 1.165) is 15.9 Å². The third kappa shape index (κ3) is 4.42. The molecule has 1 amide bonds. The summed E-state index contributed by atoms with van der Waals surface area (Å²) in [7, 11) is 0. The Morgan fingerprint density at radius 3 is 2.85 bits per heavy atom. The fraction of sp³-hybridized carbons (Fsp3) is 0.267. The second-order valence-corrected chi connectivity index (χ2v) is 5.39. The van der Waals surface area contributed by atoms with Crippen LogP contribution in [-0.2, 0) is 11.2 Å². The molecule has 0 saturated carbocycles. The maximum atomic E-state index is 11.7. The van der Waals surface area contributed by atoms with E-state index in [1.165, 1.54) is 0 Å². The van der Waals surface area contributed by atoms with Gasteiger partial charge in [0.05, 0.1) is 17.4 Å². The first-order valence-electron chi connectivity index (χ1n) is 6.45. The van der Waals surface area contributed by atoms with Gasteiger partial charge in [-0.2, -0.15) is 0 Å². The quantitative estimate of drug-likeness (QED) is 0.852. The van der Waals surface area contributed by atoms with Gasteiger partial charge in [0.25, 0.3) is 0 Å². The Morgan fingerprint density at radius 2 is 2.15 bits per heavy atom. The molecular formula is C15H17BrN2O2. The minimum atomic E-state index is -0.0960. The lowest BCUT2D eigenvalue weighted by atomic mass is 10.3. The van der Waals surface area contributed by atoms with E-state index >= 15 is 0 Å². The number of carbonyl (C=O) groups excluding carboxylic acids is 1. The van der Waals surface area contributed by atoms with Gasteiger partial charge in [-0.15, -0.1) is 0 Å². The summed E-state index contributed by atoms with van der Waals surface area (Å²) in [4.78, 5) is 14.7. The van der Waals surface area contributed by atoms with Gasteiger partial charge in [0, 0.05) is 11.9 Å².